The lowest BCUT2D eigenvalue weighted by Gasteiger charge is -2.12. The van der Waals surface area contributed by atoms with E-state index in [2.05, 4.69) is 23.0 Å². The first-order chi connectivity index (χ1) is 11.8. The molecule has 0 unspecified atom stereocenters. The van der Waals surface area contributed by atoms with E-state index in [1.54, 1.807) is 18.9 Å². The number of rotatable bonds is 8. The summed E-state index contributed by atoms with van der Waals surface area (Å²) in [6.45, 7) is 3.51. The number of para-hydroxylation sites is 2. The smallest absolute Gasteiger partial charge is 0.166 e. The molecule has 0 aliphatic rings. The molecule has 3 aromatic rings. The Bertz CT molecular complexity index is 768. The number of nitrogens with one attached hydrogen (secondary N) is 1. The topological polar surface area (TPSA) is 47.1 Å². The Kier molecular flexibility index (Phi) is 5.77. The summed E-state index contributed by atoms with van der Waals surface area (Å²) in [5, 5.41) is 0.946. The van der Waals surface area contributed by atoms with Crippen LogP contribution in [0.2, 0.25) is 0 Å². The third-order valence-corrected chi connectivity index (χ3v) is 4.80. The molecule has 3 rings (SSSR count). The van der Waals surface area contributed by atoms with Crippen LogP contribution in [0.25, 0.3) is 11.0 Å². The van der Waals surface area contributed by atoms with Crippen LogP contribution >= 0.6 is 11.8 Å². The van der Waals surface area contributed by atoms with Crippen LogP contribution < -0.4 is 4.74 Å². The molecule has 0 aliphatic heterocycles. The van der Waals surface area contributed by atoms with Crippen molar-refractivity contribution in [2.75, 3.05) is 20.3 Å². The van der Waals surface area contributed by atoms with Crippen LogP contribution in [0.5, 0.6) is 5.75 Å². The molecule has 24 heavy (non-hydrogen) atoms. The van der Waals surface area contributed by atoms with Gasteiger partial charge in [-0.3, -0.25) is 0 Å². The van der Waals surface area contributed by atoms with Crippen molar-refractivity contribution in [2.24, 2.45) is 0 Å². The van der Waals surface area contributed by atoms with E-state index in [1.807, 2.05) is 36.4 Å². The Morgan fingerprint density at radius 1 is 1.08 bits per heavy atom. The third-order valence-electron chi connectivity index (χ3n) is 3.88. The first kappa shape index (κ1) is 16.9. The highest BCUT2D eigenvalue weighted by Crippen LogP contribution is 2.28. The molecule has 1 N–H and O–H groups in total. The standard InChI is InChI=1S/C19H22N2O2S/c1-14-15(7-5-10-18(14)23-12-6-11-22-2)13-24-19-20-16-8-3-4-9-17(16)21-19/h3-5,7-10H,6,11-13H2,1-2H3,(H,20,21). The van der Waals surface area contributed by atoms with Crippen molar-refractivity contribution in [2.45, 2.75) is 24.3 Å². The third kappa shape index (κ3) is 4.10. The van der Waals surface area contributed by atoms with Gasteiger partial charge in [-0.2, -0.15) is 0 Å². The van der Waals surface area contributed by atoms with Crippen LogP contribution in [-0.2, 0) is 10.5 Å². The van der Waals surface area contributed by atoms with Gasteiger partial charge in [0.2, 0.25) is 0 Å². The van der Waals surface area contributed by atoms with Crippen molar-refractivity contribution in [1.29, 1.82) is 0 Å². The molecule has 0 fully saturated rings. The molecule has 0 bridgehead atoms. The van der Waals surface area contributed by atoms with Crippen molar-refractivity contribution in [3.63, 3.8) is 0 Å². The largest absolute Gasteiger partial charge is 0.493 e. The minimum Gasteiger partial charge on any atom is -0.493 e. The minimum atomic E-state index is 0.675. The van der Waals surface area contributed by atoms with Gasteiger partial charge in [-0.1, -0.05) is 36.0 Å². The second-order valence-electron chi connectivity index (χ2n) is 5.58. The molecular formula is C19H22N2O2S. The van der Waals surface area contributed by atoms with E-state index in [1.165, 1.54) is 11.1 Å². The lowest BCUT2D eigenvalue weighted by molar-refractivity contribution is 0.172. The molecule has 0 saturated heterocycles. The van der Waals surface area contributed by atoms with E-state index in [0.29, 0.717) is 6.61 Å². The number of ether oxygens (including phenoxy) is 2. The van der Waals surface area contributed by atoms with Crippen molar-refractivity contribution >= 4 is 22.8 Å². The first-order valence-electron chi connectivity index (χ1n) is 8.05. The summed E-state index contributed by atoms with van der Waals surface area (Å²) in [5.74, 6) is 1.81. The molecule has 0 aliphatic carbocycles. The van der Waals surface area contributed by atoms with E-state index in [9.17, 15) is 0 Å². The summed E-state index contributed by atoms with van der Waals surface area (Å²) in [5.41, 5.74) is 4.54. The molecule has 0 radical (unpaired) electrons. The second kappa shape index (κ2) is 8.22. The Labute approximate surface area is 146 Å². The van der Waals surface area contributed by atoms with Gasteiger partial charge in [0.1, 0.15) is 5.75 Å². The molecule has 1 heterocycles. The number of benzene rings is 2. The second-order valence-corrected chi connectivity index (χ2v) is 6.55. The van der Waals surface area contributed by atoms with Gasteiger partial charge in [-0.25, -0.2) is 4.98 Å². The van der Waals surface area contributed by atoms with Crippen LogP contribution in [0.3, 0.4) is 0 Å². The number of methoxy groups -OCH3 is 1. The zero-order chi connectivity index (χ0) is 16.8. The van der Waals surface area contributed by atoms with E-state index < -0.39 is 0 Å². The van der Waals surface area contributed by atoms with E-state index in [0.717, 1.165) is 40.7 Å². The maximum atomic E-state index is 5.87. The Morgan fingerprint density at radius 3 is 2.79 bits per heavy atom. The van der Waals surface area contributed by atoms with Crippen LogP contribution in [0.4, 0.5) is 0 Å². The Hall–Kier alpha value is -1.98. The number of fused-ring (bicyclic) bond motifs is 1. The van der Waals surface area contributed by atoms with Gasteiger partial charge in [-0.15, -0.1) is 0 Å². The summed E-state index contributed by atoms with van der Waals surface area (Å²) >= 11 is 1.71. The first-order valence-corrected chi connectivity index (χ1v) is 9.04. The van der Waals surface area contributed by atoms with Crippen molar-refractivity contribution < 1.29 is 9.47 Å². The summed E-state index contributed by atoms with van der Waals surface area (Å²) in [7, 11) is 1.71. The lowest BCUT2D eigenvalue weighted by atomic mass is 10.1. The predicted molar refractivity (Wildman–Crippen MR) is 98.8 cm³/mol. The Morgan fingerprint density at radius 2 is 1.96 bits per heavy atom. The SMILES string of the molecule is COCCCOc1cccc(CSc2nc3ccccc3[nH]2)c1C. The van der Waals surface area contributed by atoms with Gasteiger partial charge in [0.05, 0.1) is 17.6 Å². The number of aromatic amines is 1. The van der Waals surface area contributed by atoms with E-state index in [4.69, 9.17) is 9.47 Å². The summed E-state index contributed by atoms with van der Waals surface area (Å²) in [4.78, 5) is 7.97. The maximum Gasteiger partial charge on any atom is 0.166 e. The Balaban J connectivity index is 1.64. The van der Waals surface area contributed by atoms with Gasteiger partial charge in [-0.05, 0) is 36.2 Å². The molecule has 0 saturated carbocycles. The number of H-pyrrole nitrogens is 1. The fourth-order valence-electron chi connectivity index (χ4n) is 2.50. The number of hydrogen-bond acceptors (Lipinski definition) is 4. The van der Waals surface area contributed by atoms with Gasteiger partial charge in [0, 0.05) is 25.9 Å². The summed E-state index contributed by atoms with van der Waals surface area (Å²) in [6.07, 6.45) is 0.897. The normalized spacial score (nSPS) is 11.1. The van der Waals surface area contributed by atoms with Crippen LogP contribution in [0.1, 0.15) is 17.5 Å². The highest BCUT2D eigenvalue weighted by Gasteiger charge is 2.08. The van der Waals surface area contributed by atoms with Crippen LogP contribution in [0.15, 0.2) is 47.6 Å². The molecule has 0 amide bonds. The monoisotopic (exact) mass is 342 g/mol. The summed E-state index contributed by atoms with van der Waals surface area (Å²) < 4.78 is 10.9. The molecule has 1 aromatic heterocycles. The zero-order valence-electron chi connectivity index (χ0n) is 14.0. The highest BCUT2D eigenvalue weighted by molar-refractivity contribution is 7.98. The number of thioether (sulfide) groups is 1. The molecule has 2 aromatic carbocycles. The molecule has 5 heteroatoms. The fourth-order valence-corrected chi connectivity index (χ4v) is 3.45. The van der Waals surface area contributed by atoms with Crippen molar-refractivity contribution in [1.82, 2.24) is 9.97 Å². The van der Waals surface area contributed by atoms with Gasteiger partial charge in [0.25, 0.3) is 0 Å². The average Bonchev–Trinajstić information content (AvgIpc) is 3.02. The minimum absolute atomic E-state index is 0.675. The molecule has 126 valence electrons. The number of aromatic nitrogens is 2. The zero-order valence-corrected chi connectivity index (χ0v) is 14.9. The van der Waals surface area contributed by atoms with Crippen LogP contribution in [-0.4, -0.2) is 30.3 Å². The summed E-state index contributed by atoms with van der Waals surface area (Å²) in [6, 6.07) is 14.3. The highest BCUT2D eigenvalue weighted by atomic mass is 32.2. The maximum absolute atomic E-state index is 5.87. The number of hydrogen-bond donors (Lipinski definition) is 1. The molecule has 0 spiro atoms. The fraction of sp³-hybridized carbons (Fsp3) is 0.316. The quantitative estimate of drug-likeness (QED) is 0.481. The lowest BCUT2D eigenvalue weighted by Crippen LogP contribution is -2.03. The van der Waals surface area contributed by atoms with Gasteiger partial charge < -0.3 is 14.5 Å². The average molecular weight is 342 g/mol. The van der Waals surface area contributed by atoms with E-state index in [-0.39, 0.29) is 0 Å². The molecular weight excluding hydrogens is 320 g/mol. The number of imidazole rings is 1. The molecule has 4 nitrogen and oxygen atoms in total. The number of nitrogens with zero attached hydrogens (tertiary/aromatic N) is 1. The van der Waals surface area contributed by atoms with Gasteiger partial charge in [0.15, 0.2) is 5.16 Å². The van der Waals surface area contributed by atoms with Crippen LogP contribution in [0, 0.1) is 6.92 Å². The van der Waals surface area contributed by atoms with Crippen molar-refractivity contribution in [3.8, 4) is 5.75 Å². The predicted octanol–water partition coefficient (Wildman–Crippen LogP) is 4.58. The molecule has 0 atom stereocenters. The van der Waals surface area contributed by atoms with Crippen molar-refractivity contribution in [3.05, 3.63) is 53.6 Å². The van der Waals surface area contributed by atoms with Gasteiger partial charge >= 0.3 is 0 Å². The van der Waals surface area contributed by atoms with E-state index >= 15 is 0 Å².